The van der Waals surface area contributed by atoms with Gasteiger partial charge in [0.1, 0.15) is 5.75 Å². The van der Waals surface area contributed by atoms with Crippen LogP contribution in [-0.2, 0) is 16.0 Å². The smallest absolute Gasteiger partial charge is 0.387 e. The number of halogens is 2. The molecule has 6 nitrogen and oxygen atoms in total. The molecule has 1 aromatic carbocycles. The maximum absolute atomic E-state index is 12.4. The number of hydrogen-bond acceptors (Lipinski definition) is 4. The van der Waals surface area contributed by atoms with Crippen LogP contribution in [0.15, 0.2) is 29.3 Å². The van der Waals surface area contributed by atoms with Gasteiger partial charge in [-0.3, -0.25) is 4.99 Å². The van der Waals surface area contributed by atoms with E-state index in [1.54, 1.807) is 25.2 Å². The number of aliphatic imine (C=N–C) groups is 1. The molecule has 0 aromatic heterocycles. The Balaban J connectivity index is 1.66. The van der Waals surface area contributed by atoms with Gasteiger partial charge in [0, 0.05) is 45.5 Å². The number of hydrogen-bond donors (Lipinski definition) is 2. The van der Waals surface area contributed by atoms with Crippen molar-refractivity contribution in [2.45, 2.75) is 38.5 Å². The number of benzene rings is 1. The Morgan fingerprint density at radius 2 is 2.04 bits per heavy atom. The average molecular weight is 371 g/mol. The molecule has 0 saturated carbocycles. The fraction of sp³-hybridized carbons (Fsp3) is 0.611. The predicted octanol–water partition coefficient (Wildman–Crippen LogP) is 2.54. The Morgan fingerprint density at radius 3 is 2.77 bits per heavy atom. The second-order valence-electron chi connectivity index (χ2n) is 5.87. The van der Waals surface area contributed by atoms with E-state index in [1.165, 1.54) is 6.07 Å². The highest BCUT2D eigenvalue weighted by atomic mass is 19.3. The number of ether oxygens (including phenoxy) is 3. The van der Waals surface area contributed by atoms with Crippen LogP contribution < -0.4 is 15.4 Å². The Kier molecular flexibility index (Phi) is 9.13. The van der Waals surface area contributed by atoms with Gasteiger partial charge in [-0.05, 0) is 25.3 Å². The fourth-order valence-electron chi connectivity index (χ4n) is 2.63. The highest BCUT2D eigenvalue weighted by Crippen LogP contribution is 2.19. The minimum atomic E-state index is -2.84. The predicted molar refractivity (Wildman–Crippen MR) is 95.7 cm³/mol. The highest BCUT2D eigenvalue weighted by Gasteiger charge is 2.13. The zero-order valence-corrected chi connectivity index (χ0v) is 15.0. The van der Waals surface area contributed by atoms with Gasteiger partial charge in [-0.15, -0.1) is 0 Å². The summed E-state index contributed by atoms with van der Waals surface area (Å²) in [5.74, 6) is 0.762. The third-order valence-corrected chi connectivity index (χ3v) is 3.99. The van der Waals surface area contributed by atoms with Crippen LogP contribution in [0.4, 0.5) is 8.78 Å². The van der Waals surface area contributed by atoms with Gasteiger partial charge >= 0.3 is 6.61 Å². The lowest BCUT2D eigenvalue weighted by molar-refractivity contribution is -0.0504. The molecule has 2 rings (SSSR count). The Bertz CT molecular complexity index is 552. The minimum Gasteiger partial charge on any atom is -0.434 e. The summed E-state index contributed by atoms with van der Waals surface area (Å²) in [6, 6.07) is 6.69. The molecule has 0 aliphatic carbocycles. The molecule has 1 heterocycles. The molecule has 0 amide bonds. The first kappa shape index (κ1) is 20.4. The van der Waals surface area contributed by atoms with Crippen molar-refractivity contribution in [1.29, 1.82) is 0 Å². The molecule has 0 spiro atoms. The van der Waals surface area contributed by atoms with Crippen molar-refractivity contribution in [3.05, 3.63) is 29.8 Å². The summed E-state index contributed by atoms with van der Waals surface area (Å²) in [7, 11) is 1.66. The third-order valence-electron chi connectivity index (χ3n) is 3.99. The fourth-order valence-corrected chi connectivity index (χ4v) is 2.63. The maximum Gasteiger partial charge on any atom is 0.387 e. The highest BCUT2D eigenvalue weighted by molar-refractivity contribution is 5.79. The lowest BCUT2D eigenvalue weighted by atomic mass is 10.1. The third kappa shape index (κ3) is 7.53. The summed E-state index contributed by atoms with van der Waals surface area (Å²) in [4.78, 5) is 4.13. The van der Waals surface area contributed by atoms with E-state index in [2.05, 4.69) is 20.4 Å². The van der Waals surface area contributed by atoms with E-state index in [1.807, 2.05) is 0 Å². The number of alkyl halides is 2. The molecular formula is C18H27F2N3O3. The first-order valence-corrected chi connectivity index (χ1v) is 8.85. The Morgan fingerprint density at radius 1 is 1.27 bits per heavy atom. The van der Waals surface area contributed by atoms with E-state index in [-0.39, 0.29) is 5.75 Å². The molecule has 0 unspecified atom stereocenters. The van der Waals surface area contributed by atoms with Crippen LogP contribution in [-0.4, -0.2) is 52.1 Å². The molecule has 1 aliphatic rings. The monoisotopic (exact) mass is 371 g/mol. The van der Waals surface area contributed by atoms with Crippen molar-refractivity contribution >= 4 is 5.96 Å². The van der Waals surface area contributed by atoms with Crippen molar-refractivity contribution in [2.75, 3.05) is 33.4 Å². The van der Waals surface area contributed by atoms with Crippen LogP contribution in [0, 0.1) is 0 Å². The van der Waals surface area contributed by atoms with Crippen LogP contribution in [0.25, 0.3) is 0 Å². The van der Waals surface area contributed by atoms with Gasteiger partial charge in [0.05, 0.1) is 6.10 Å². The molecule has 1 aliphatic heterocycles. The van der Waals surface area contributed by atoms with Crippen molar-refractivity contribution in [3.63, 3.8) is 0 Å². The van der Waals surface area contributed by atoms with Gasteiger partial charge in [0.2, 0.25) is 0 Å². The van der Waals surface area contributed by atoms with E-state index in [4.69, 9.17) is 9.47 Å². The molecule has 1 fully saturated rings. The number of nitrogens with one attached hydrogen (secondary N) is 2. The van der Waals surface area contributed by atoms with Crippen molar-refractivity contribution < 1.29 is 23.0 Å². The lowest BCUT2D eigenvalue weighted by Crippen LogP contribution is -2.37. The molecule has 0 bridgehead atoms. The molecule has 0 atom stereocenters. The molecule has 8 heteroatoms. The molecule has 26 heavy (non-hydrogen) atoms. The van der Waals surface area contributed by atoms with Crippen molar-refractivity contribution in [2.24, 2.45) is 4.99 Å². The quantitative estimate of drug-likeness (QED) is 0.397. The zero-order valence-electron chi connectivity index (χ0n) is 15.0. The summed E-state index contributed by atoms with van der Waals surface area (Å²) < 4.78 is 40.5. The molecule has 1 aromatic rings. The number of para-hydroxylation sites is 1. The van der Waals surface area contributed by atoms with Crippen LogP contribution >= 0.6 is 0 Å². The largest absolute Gasteiger partial charge is 0.434 e. The number of guanidine groups is 1. The van der Waals surface area contributed by atoms with Gasteiger partial charge < -0.3 is 24.8 Å². The van der Waals surface area contributed by atoms with E-state index >= 15 is 0 Å². The molecule has 146 valence electrons. The van der Waals surface area contributed by atoms with Gasteiger partial charge in [-0.25, -0.2) is 0 Å². The first-order valence-electron chi connectivity index (χ1n) is 8.85. The maximum atomic E-state index is 12.4. The number of nitrogens with zero attached hydrogens (tertiary/aromatic N) is 1. The molecular weight excluding hydrogens is 344 g/mol. The summed E-state index contributed by atoms with van der Waals surface area (Å²) in [6.07, 6.45) is 3.06. The van der Waals surface area contributed by atoms with Crippen LogP contribution in [0.5, 0.6) is 5.75 Å². The van der Waals surface area contributed by atoms with Crippen LogP contribution in [0.2, 0.25) is 0 Å². The molecule has 0 radical (unpaired) electrons. The Labute approximate surface area is 152 Å². The van der Waals surface area contributed by atoms with Gasteiger partial charge in [0.25, 0.3) is 0 Å². The van der Waals surface area contributed by atoms with Crippen molar-refractivity contribution in [3.8, 4) is 5.75 Å². The van der Waals surface area contributed by atoms with E-state index in [9.17, 15) is 8.78 Å². The molecule has 2 N–H and O–H groups in total. The SMILES string of the molecule is CN=C(NCCCOC1CCOCC1)NCc1ccccc1OC(F)F. The molecule has 1 saturated heterocycles. The van der Waals surface area contributed by atoms with Crippen LogP contribution in [0.1, 0.15) is 24.8 Å². The number of rotatable bonds is 9. The second kappa shape index (κ2) is 11.6. The first-order chi connectivity index (χ1) is 12.7. The zero-order chi connectivity index (χ0) is 18.6. The van der Waals surface area contributed by atoms with E-state index in [0.29, 0.717) is 37.3 Å². The summed E-state index contributed by atoms with van der Waals surface area (Å²) in [6.45, 7) is 0.426. The topological polar surface area (TPSA) is 64.1 Å². The van der Waals surface area contributed by atoms with Crippen molar-refractivity contribution in [1.82, 2.24) is 10.6 Å². The summed E-state index contributed by atoms with van der Waals surface area (Å²) in [5.41, 5.74) is 0.638. The lowest BCUT2D eigenvalue weighted by Gasteiger charge is -2.22. The summed E-state index contributed by atoms with van der Waals surface area (Å²) >= 11 is 0. The average Bonchev–Trinajstić information content (AvgIpc) is 2.65. The summed E-state index contributed by atoms with van der Waals surface area (Å²) in [5, 5.41) is 6.28. The standard InChI is InChI=1S/C18H27F2N3O3/c1-21-18(22-9-4-10-25-15-7-11-24-12-8-15)23-13-14-5-2-3-6-16(14)26-17(19)20/h2-3,5-6,15,17H,4,7-13H2,1H3,(H2,21,22,23). The van der Waals surface area contributed by atoms with Gasteiger partial charge in [-0.1, -0.05) is 18.2 Å². The normalized spacial score (nSPS) is 15.9. The second-order valence-corrected chi connectivity index (χ2v) is 5.87. The Hall–Kier alpha value is -1.93. The van der Waals surface area contributed by atoms with E-state index in [0.717, 1.165) is 32.5 Å². The van der Waals surface area contributed by atoms with Gasteiger partial charge in [0.15, 0.2) is 5.96 Å². The van der Waals surface area contributed by atoms with E-state index < -0.39 is 6.61 Å². The van der Waals surface area contributed by atoms with Crippen LogP contribution in [0.3, 0.4) is 0 Å². The van der Waals surface area contributed by atoms with Gasteiger partial charge in [-0.2, -0.15) is 8.78 Å². The minimum absolute atomic E-state index is 0.162.